The topological polar surface area (TPSA) is 44.4 Å². The van der Waals surface area contributed by atoms with Crippen LogP contribution in [-0.4, -0.2) is 24.1 Å². The van der Waals surface area contributed by atoms with Gasteiger partial charge in [-0.2, -0.15) is 0 Å². The summed E-state index contributed by atoms with van der Waals surface area (Å²) in [4.78, 5) is 14.5. The van der Waals surface area contributed by atoms with E-state index in [0.29, 0.717) is 5.56 Å². The van der Waals surface area contributed by atoms with E-state index >= 15 is 0 Å². The zero-order valence-electron chi connectivity index (χ0n) is 13.1. The van der Waals surface area contributed by atoms with E-state index in [2.05, 4.69) is 43.6 Å². The minimum absolute atomic E-state index is 0.228. The van der Waals surface area contributed by atoms with Crippen LogP contribution in [0.5, 0.6) is 0 Å². The van der Waals surface area contributed by atoms with E-state index in [1.54, 1.807) is 12.1 Å². The molecule has 1 saturated heterocycles. The Morgan fingerprint density at radius 2 is 1.62 bits per heavy atom. The molecule has 0 saturated carbocycles. The number of hydrogen-bond donors (Lipinski definition) is 2. The molecule has 2 N–H and O–H groups in total. The zero-order chi connectivity index (χ0) is 16.9. The monoisotopic (exact) mass is 403 g/mol. The molecule has 0 unspecified atom stereocenters. The molecule has 0 aromatic heterocycles. The second-order valence-electron chi connectivity index (χ2n) is 5.66. The largest absolute Gasteiger partial charge is 0.372 e. The van der Waals surface area contributed by atoms with Crippen molar-refractivity contribution < 1.29 is 4.79 Å². The van der Waals surface area contributed by atoms with Gasteiger partial charge in [-0.25, -0.2) is 0 Å². The lowest BCUT2D eigenvalue weighted by Gasteiger charge is -2.18. The fraction of sp³-hybridized carbons (Fsp3) is 0.222. The van der Waals surface area contributed by atoms with E-state index in [4.69, 9.17) is 12.2 Å². The molecule has 2 aromatic carbocycles. The van der Waals surface area contributed by atoms with Crippen LogP contribution in [0.15, 0.2) is 53.0 Å². The molecule has 1 amide bonds. The average Bonchev–Trinajstić information content (AvgIpc) is 3.10. The van der Waals surface area contributed by atoms with Crippen LogP contribution < -0.4 is 15.5 Å². The minimum atomic E-state index is -0.228. The molecular formula is C18H18BrN3OS. The highest BCUT2D eigenvalue weighted by atomic mass is 79.9. The molecule has 124 valence electrons. The Kier molecular flexibility index (Phi) is 5.48. The third-order valence-corrected chi connectivity index (χ3v) is 4.66. The molecule has 4 nitrogen and oxygen atoms in total. The normalized spacial score (nSPS) is 13.6. The molecule has 6 heteroatoms. The van der Waals surface area contributed by atoms with E-state index in [-0.39, 0.29) is 11.0 Å². The van der Waals surface area contributed by atoms with Crippen molar-refractivity contribution in [3.63, 3.8) is 0 Å². The maximum atomic E-state index is 12.1. The number of hydrogen-bond acceptors (Lipinski definition) is 3. The SMILES string of the molecule is O=C(NC(=S)Nc1ccc(N2CCCC2)cc1)c1ccc(Br)cc1. The molecule has 0 radical (unpaired) electrons. The first-order valence-corrected chi connectivity index (χ1v) is 9.05. The van der Waals surface area contributed by atoms with Crippen molar-refractivity contribution in [2.24, 2.45) is 0 Å². The van der Waals surface area contributed by atoms with E-state index < -0.39 is 0 Å². The summed E-state index contributed by atoms with van der Waals surface area (Å²) in [6, 6.07) is 15.2. The Hall–Kier alpha value is -1.92. The molecule has 1 aliphatic rings. The zero-order valence-corrected chi connectivity index (χ0v) is 15.5. The third kappa shape index (κ3) is 4.33. The summed E-state index contributed by atoms with van der Waals surface area (Å²) in [5.41, 5.74) is 2.65. The van der Waals surface area contributed by atoms with Gasteiger partial charge >= 0.3 is 0 Å². The Morgan fingerprint density at radius 3 is 2.25 bits per heavy atom. The highest BCUT2D eigenvalue weighted by Gasteiger charge is 2.12. The van der Waals surface area contributed by atoms with E-state index in [9.17, 15) is 4.79 Å². The van der Waals surface area contributed by atoms with Crippen molar-refractivity contribution in [1.82, 2.24) is 5.32 Å². The van der Waals surface area contributed by atoms with Gasteiger partial charge < -0.3 is 10.2 Å². The number of carbonyl (C=O) groups excluding carboxylic acids is 1. The van der Waals surface area contributed by atoms with Gasteiger partial charge in [-0.1, -0.05) is 15.9 Å². The molecule has 1 aliphatic heterocycles. The number of nitrogens with zero attached hydrogens (tertiary/aromatic N) is 1. The summed E-state index contributed by atoms with van der Waals surface area (Å²) < 4.78 is 0.929. The van der Waals surface area contributed by atoms with Crippen LogP contribution in [0, 0.1) is 0 Å². The van der Waals surface area contributed by atoms with Gasteiger partial charge in [-0.3, -0.25) is 10.1 Å². The molecular weight excluding hydrogens is 386 g/mol. The van der Waals surface area contributed by atoms with Crippen molar-refractivity contribution in [3.8, 4) is 0 Å². The van der Waals surface area contributed by atoms with E-state index in [1.807, 2.05) is 24.3 Å². The van der Waals surface area contributed by atoms with Crippen molar-refractivity contribution in [2.75, 3.05) is 23.3 Å². The van der Waals surface area contributed by atoms with Gasteiger partial charge in [-0.15, -0.1) is 0 Å². The van der Waals surface area contributed by atoms with Crippen molar-refractivity contribution in [3.05, 3.63) is 58.6 Å². The number of amides is 1. The molecule has 1 heterocycles. The smallest absolute Gasteiger partial charge is 0.257 e. The fourth-order valence-electron chi connectivity index (χ4n) is 2.67. The van der Waals surface area contributed by atoms with Gasteiger partial charge in [0.15, 0.2) is 5.11 Å². The second kappa shape index (κ2) is 7.77. The van der Waals surface area contributed by atoms with Crippen LogP contribution in [0.3, 0.4) is 0 Å². The third-order valence-electron chi connectivity index (χ3n) is 3.93. The number of halogens is 1. The molecule has 0 atom stereocenters. The van der Waals surface area contributed by atoms with Crippen molar-refractivity contribution in [2.45, 2.75) is 12.8 Å². The Morgan fingerprint density at radius 1 is 1.00 bits per heavy atom. The Bertz CT molecular complexity index is 725. The van der Waals surface area contributed by atoms with Crippen LogP contribution in [0.1, 0.15) is 23.2 Å². The summed E-state index contributed by atoms with van der Waals surface area (Å²) in [5, 5.41) is 6.02. The quantitative estimate of drug-likeness (QED) is 0.754. The van der Waals surface area contributed by atoms with Gasteiger partial charge in [0.1, 0.15) is 0 Å². The number of rotatable bonds is 3. The van der Waals surface area contributed by atoms with Crippen molar-refractivity contribution in [1.29, 1.82) is 0 Å². The highest BCUT2D eigenvalue weighted by molar-refractivity contribution is 9.10. The number of thiocarbonyl (C=S) groups is 1. The number of anilines is 2. The molecule has 0 spiro atoms. The lowest BCUT2D eigenvalue weighted by molar-refractivity contribution is 0.0977. The summed E-state index contributed by atoms with van der Waals surface area (Å²) in [7, 11) is 0. The molecule has 24 heavy (non-hydrogen) atoms. The van der Waals surface area contributed by atoms with Gasteiger partial charge in [0.05, 0.1) is 0 Å². The van der Waals surface area contributed by atoms with Crippen LogP contribution in [0.4, 0.5) is 11.4 Å². The highest BCUT2D eigenvalue weighted by Crippen LogP contribution is 2.22. The predicted octanol–water partition coefficient (Wildman–Crippen LogP) is 4.18. The lowest BCUT2D eigenvalue weighted by atomic mass is 10.2. The van der Waals surface area contributed by atoms with Crippen molar-refractivity contribution >= 4 is 50.5 Å². The average molecular weight is 404 g/mol. The summed E-state index contributed by atoms with van der Waals surface area (Å²) in [6.07, 6.45) is 2.51. The van der Waals surface area contributed by atoms with E-state index in [0.717, 1.165) is 23.2 Å². The maximum absolute atomic E-state index is 12.1. The number of benzene rings is 2. The first-order chi connectivity index (χ1) is 11.6. The van der Waals surface area contributed by atoms with Crippen LogP contribution in [0.25, 0.3) is 0 Å². The van der Waals surface area contributed by atoms with E-state index in [1.165, 1.54) is 18.5 Å². The van der Waals surface area contributed by atoms with Gasteiger partial charge in [0, 0.05) is 34.5 Å². The molecule has 0 bridgehead atoms. The Balaban J connectivity index is 1.56. The lowest BCUT2D eigenvalue weighted by Crippen LogP contribution is -2.34. The standard InChI is InChI=1S/C18H18BrN3OS/c19-14-5-3-13(4-6-14)17(23)21-18(24)20-15-7-9-16(10-8-15)22-11-1-2-12-22/h3-10H,1-2,11-12H2,(H2,20,21,23,24). The Labute approximate surface area is 155 Å². The van der Waals surface area contributed by atoms with Crippen LogP contribution in [-0.2, 0) is 0 Å². The van der Waals surface area contributed by atoms with Crippen LogP contribution in [0.2, 0.25) is 0 Å². The molecule has 1 fully saturated rings. The number of nitrogens with one attached hydrogen (secondary N) is 2. The summed E-state index contributed by atoms with van der Waals surface area (Å²) >= 11 is 8.56. The molecule has 2 aromatic rings. The number of carbonyl (C=O) groups is 1. The second-order valence-corrected chi connectivity index (χ2v) is 6.98. The van der Waals surface area contributed by atoms with Gasteiger partial charge in [0.2, 0.25) is 0 Å². The first kappa shape index (κ1) is 16.9. The first-order valence-electron chi connectivity index (χ1n) is 7.85. The predicted molar refractivity (Wildman–Crippen MR) is 106 cm³/mol. The summed E-state index contributed by atoms with van der Waals surface area (Å²) in [5.74, 6) is -0.228. The van der Waals surface area contributed by atoms with Crippen LogP contribution >= 0.6 is 28.1 Å². The fourth-order valence-corrected chi connectivity index (χ4v) is 3.14. The molecule has 3 rings (SSSR count). The van der Waals surface area contributed by atoms with Gasteiger partial charge in [0.25, 0.3) is 5.91 Å². The summed E-state index contributed by atoms with van der Waals surface area (Å²) in [6.45, 7) is 2.24. The molecule has 0 aliphatic carbocycles. The maximum Gasteiger partial charge on any atom is 0.257 e. The minimum Gasteiger partial charge on any atom is -0.372 e. The van der Waals surface area contributed by atoms with Gasteiger partial charge in [-0.05, 0) is 73.6 Å².